The number of nitrogens with one attached hydrogen (secondary N) is 1. The molecule has 0 saturated carbocycles. The van der Waals surface area contributed by atoms with E-state index >= 15 is 0 Å². The van der Waals surface area contributed by atoms with Crippen LogP contribution in [-0.2, 0) is 4.57 Å². The summed E-state index contributed by atoms with van der Waals surface area (Å²) in [5.41, 5.74) is 0. The molecule has 19 heavy (non-hydrogen) atoms. The van der Waals surface area contributed by atoms with Gasteiger partial charge in [0.2, 0.25) is 0 Å². The predicted octanol–water partition coefficient (Wildman–Crippen LogP) is 2.89. The summed E-state index contributed by atoms with van der Waals surface area (Å²) in [6.07, 6.45) is 0. The number of hydrogen-bond donors (Lipinski definition) is 1. The van der Waals surface area contributed by atoms with Crippen LogP contribution >= 0.6 is 19.4 Å². The van der Waals surface area contributed by atoms with Gasteiger partial charge in [0.15, 0.2) is 7.14 Å². The third-order valence-corrected chi connectivity index (χ3v) is 6.55. The fourth-order valence-electron chi connectivity index (χ4n) is 1.92. The Morgan fingerprint density at radius 3 is 1.79 bits per heavy atom. The Kier molecular flexibility index (Phi) is 4.52. The smallest absolute Gasteiger partial charge is 0.196 e. The van der Waals surface area contributed by atoms with Crippen molar-refractivity contribution < 1.29 is 4.57 Å². The minimum absolute atomic E-state index is 0.424. The van der Waals surface area contributed by atoms with Crippen LogP contribution in [0.3, 0.4) is 0 Å². The molecule has 0 atom stereocenters. The van der Waals surface area contributed by atoms with E-state index in [4.69, 9.17) is 12.2 Å². The average Bonchev–Trinajstić information content (AvgIpc) is 2.48. The van der Waals surface area contributed by atoms with E-state index in [1.807, 2.05) is 67.6 Å². The fraction of sp³-hybridized carbons (Fsp3) is 0.133. The van der Waals surface area contributed by atoms with Crippen LogP contribution in [0, 0.1) is 0 Å². The van der Waals surface area contributed by atoms with Gasteiger partial charge in [0, 0.05) is 17.2 Å². The van der Waals surface area contributed by atoms with Gasteiger partial charge >= 0.3 is 0 Å². The first kappa shape index (κ1) is 14.0. The lowest BCUT2D eigenvalue weighted by molar-refractivity contribution is 0.593. The summed E-state index contributed by atoms with van der Waals surface area (Å²) in [4.78, 5) is 0. The zero-order chi connectivity index (χ0) is 13.7. The summed E-state index contributed by atoms with van der Waals surface area (Å²) in [5.74, 6) is 0. The maximum atomic E-state index is 13.5. The largest absolute Gasteiger partial charge is 0.373 e. The zero-order valence-corrected chi connectivity index (χ0v) is 12.5. The van der Waals surface area contributed by atoms with E-state index in [9.17, 15) is 4.57 Å². The minimum atomic E-state index is -2.91. The first-order valence-corrected chi connectivity index (χ1v) is 8.30. The first-order valence-electron chi connectivity index (χ1n) is 6.19. The molecule has 0 amide bonds. The molecule has 0 aliphatic rings. The molecule has 0 radical (unpaired) electrons. The Bertz CT molecular complexity index is 555. The minimum Gasteiger partial charge on any atom is -0.373 e. The molecule has 0 saturated heterocycles. The van der Waals surface area contributed by atoms with Crippen molar-refractivity contribution in [2.75, 3.05) is 6.54 Å². The highest BCUT2D eigenvalue weighted by atomic mass is 32.1. The Balaban J connectivity index is 2.58. The van der Waals surface area contributed by atoms with Crippen molar-refractivity contribution >= 4 is 34.7 Å². The highest BCUT2D eigenvalue weighted by Crippen LogP contribution is 2.44. The van der Waals surface area contributed by atoms with Crippen LogP contribution in [0.1, 0.15) is 6.92 Å². The van der Waals surface area contributed by atoms with Gasteiger partial charge in [-0.2, -0.15) is 0 Å². The zero-order valence-electron chi connectivity index (χ0n) is 10.7. The molecular formula is C15H16NOPS. The van der Waals surface area contributed by atoms with Crippen molar-refractivity contribution in [1.29, 1.82) is 0 Å². The summed E-state index contributed by atoms with van der Waals surface area (Å²) in [6, 6.07) is 18.9. The van der Waals surface area contributed by atoms with Crippen molar-refractivity contribution in [3.63, 3.8) is 0 Å². The predicted molar refractivity (Wildman–Crippen MR) is 86.0 cm³/mol. The van der Waals surface area contributed by atoms with Crippen molar-refractivity contribution in [3.05, 3.63) is 60.7 Å². The van der Waals surface area contributed by atoms with Crippen LogP contribution < -0.4 is 15.9 Å². The quantitative estimate of drug-likeness (QED) is 0.693. The lowest BCUT2D eigenvalue weighted by Crippen LogP contribution is -2.30. The lowest BCUT2D eigenvalue weighted by atomic mass is 10.4. The third-order valence-electron chi connectivity index (χ3n) is 2.85. The highest BCUT2D eigenvalue weighted by Gasteiger charge is 2.31. The Labute approximate surface area is 119 Å². The maximum absolute atomic E-state index is 13.5. The van der Waals surface area contributed by atoms with Crippen molar-refractivity contribution in [2.24, 2.45) is 0 Å². The van der Waals surface area contributed by atoms with E-state index in [2.05, 4.69) is 5.32 Å². The Hall–Kier alpha value is -1.44. The third kappa shape index (κ3) is 2.78. The number of benzene rings is 2. The fourth-order valence-corrected chi connectivity index (χ4v) is 5.03. The molecule has 98 valence electrons. The number of rotatable bonds is 4. The molecule has 0 aliphatic carbocycles. The van der Waals surface area contributed by atoms with Gasteiger partial charge in [0.25, 0.3) is 0 Å². The van der Waals surface area contributed by atoms with Crippen LogP contribution in [0.4, 0.5) is 0 Å². The monoisotopic (exact) mass is 289 g/mol. The Morgan fingerprint density at radius 1 is 1.00 bits per heavy atom. The molecule has 2 aromatic carbocycles. The normalized spacial score (nSPS) is 11.0. The second-order valence-electron chi connectivity index (χ2n) is 4.12. The van der Waals surface area contributed by atoms with Crippen LogP contribution in [0.2, 0.25) is 0 Å². The van der Waals surface area contributed by atoms with Crippen molar-refractivity contribution in [1.82, 2.24) is 5.32 Å². The SMILES string of the molecule is CCNC(=S)P(=O)(c1ccccc1)c1ccccc1. The molecule has 0 aliphatic heterocycles. The maximum Gasteiger partial charge on any atom is 0.196 e. The van der Waals surface area contributed by atoms with Crippen molar-refractivity contribution in [3.8, 4) is 0 Å². The molecular weight excluding hydrogens is 273 g/mol. The standard InChI is InChI=1S/C15H16NOPS/c1-2-16-15(19)18(17,13-9-5-3-6-10-13)14-11-7-4-8-12-14/h3-12H,2H2,1H3,(H,16,19). The Morgan fingerprint density at radius 2 is 1.42 bits per heavy atom. The van der Waals surface area contributed by atoms with Crippen LogP contribution in [0.5, 0.6) is 0 Å². The summed E-state index contributed by atoms with van der Waals surface area (Å²) in [6.45, 7) is 2.62. The molecule has 0 heterocycles. The summed E-state index contributed by atoms with van der Waals surface area (Å²) >= 11 is 5.38. The van der Waals surface area contributed by atoms with Crippen LogP contribution in [0.15, 0.2) is 60.7 Å². The van der Waals surface area contributed by atoms with E-state index in [1.165, 1.54) is 0 Å². The van der Waals surface area contributed by atoms with Crippen molar-refractivity contribution in [2.45, 2.75) is 6.92 Å². The van der Waals surface area contributed by atoms with Gasteiger partial charge in [0.05, 0.1) is 0 Å². The van der Waals surface area contributed by atoms with Gasteiger partial charge in [-0.15, -0.1) is 0 Å². The van der Waals surface area contributed by atoms with Gasteiger partial charge < -0.3 is 9.88 Å². The van der Waals surface area contributed by atoms with Gasteiger partial charge in [-0.05, 0) is 6.92 Å². The molecule has 2 rings (SSSR count). The molecule has 0 spiro atoms. The highest BCUT2D eigenvalue weighted by molar-refractivity contribution is 8.07. The number of hydrogen-bond acceptors (Lipinski definition) is 2. The second-order valence-corrected chi connectivity index (χ2v) is 7.53. The van der Waals surface area contributed by atoms with E-state index in [-0.39, 0.29) is 0 Å². The molecule has 0 fully saturated rings. The molecule has 1 N–H and O–H groups in total. The van der Waals surface area contributed by atoms with Gasteiger partial charge in [0.1, 0.15) is 4.73 Å². The molecule has 2 aromatic rings. The topological polar surface area (TPSA) is 29.1 Å². The average molecular weight is 289 g/mol. The lowest BCUT2D eigenvalue weighted by Gasteiger charge is -2.20. The summed E-state index contributed by atoms with van der Waals surface area (Å²) in [5, 5.41) is 4.59. The molecule has 2 nitrogen and oxygen atoms in total. The number of thiocarbonyl (C=S) groups is 1. The van der Waals surface area contributed by atoms with Gasteiger partial charge in [-0.3, -0.25) is 0 Å². The van der Waals surface area contributed by atoms with E-state index < -0.39 is 7.14 Å². The van der Waals surface area contributed by atoms with E-state index in [1.54, 1.807) is 0 Å². The summed E-state index contributed by atoms with van der Waals surface area (Å²) < 4.78 is 13.9. The first-order chi connectivity index (χ1) is 9.19. The second kappa shape index (κ2) is 6.14. The van der Waals surface area contributed by atoms with E-state index in [0.29, 0.717) is 11.3 Å². The molecule has 0 unspecified atom stereocenters. The molecule has 0 bridgehead atoms. The van der Waals surface area contributed by atoms with Crippen LogP contribution in [0.25, 0.3) is 0 Å². The van der Waals surface area contributed by atoms with Gasteiger partial charge in [-0.1, -0.05) is 72.9 Å². The summed E-state index contributed by atoms with van der Waals surface area (Å²) in [7, 11) is -2.91. The van der Waals surface area contributed by atoms with E-state index in [0.717, 1.165) is 10.6 Å². The molecule has 0 aromatic heterocycles. The van der Waals surface area contributed by atoms with Gasteiger partial charge in [-0.25, -0.2) is 0 Å². The molecule has 4 heteroatoms. The van der Waals surface area contributed by atoms with Crippen LogP contribution in [-0.4, -0.2) is 11.3 Å².